The Bertz CT molecular complexity index is 1680. The van der Waals surface area contributed by atoms with Crippen molar-refractivity contribution in [2.45, 2.75) is 36.7 Å². The number of rotatable bonds is 5. The van der Waals surface area contributed by atoms with Gasteiger partial charge in [0.1, 0.15) is 10.7 Å². The molecule has 2 heterocycles. The maximum absolute atomic E-state index is 14.0. The number of halogens is 2. The Morgan fingerprint density at radius 1 is 1.08 bits per heavy atom. The second kappa shape index (κ2) is 8.81. The smallest absolute Gasteiger partial charge is 0.286 e. The van der Waals surface area contributed by atoms with Gasteiger partial charge in [0.15, 0.2) is 23.3 Å². The minimum Gasteiger partial charge on any atom is -0.341 e. The standard InChI is InChI=1S/C25H24F2N4O6S2/c1-38(34,35)29-15-5-7-18-19(10-15)39(36,37)30-24(28-18)21-23(32)20-13-3-4-14(9-13)22(20)31(25(21)33)11-12-2-6-16(26)17(27)8-12/h2,5-8,10,13-14,20-22,29H,3-4,9,11H2,1H3,(H,28,30)/t13-,14+,20?,21?,22?/m0/s1. The zero-order valence-corrected chi connectivity index (χ0v) is 22.2. The van der Waals surface area contributed by atoms with Crippen molar-refractivity contribution < 1.29 is 35.2 Å². The lowest BCUT2D eigenvalue weighted by Gasteiger charge is -2.45. The van der Waals surface area contributed by atoms with E-state index < -0.39 is 61.2 Å². The van der Waals surface area contributed by atoms with Crippen LogP contribution in [0.4, 0.5) is 20.2 Å². The molecule has 3 unspecified atom stereocenters. The topological polar surface area (TPSA) is 142 Å². The molecule has 2 N–H and O–H groups in total. The van der Waals surface area contributed by atoms with E-state index in [1.54, 1.807) is 0 Å². The molecule has 14 heteroatoms. The largest absolute Gasteiger partial charge is 0.341 e. The molecule has 1 saturated heterocycles. The first-order chi connectivity index (χ1) is 18.3. The maximum Gasteiger partial charge on any atom is 0.286 e. The van der Waals surface area contributed by atoms with E-state index in [2.05, 4.69) is 14.4 Å². The summed E-state index contributed by atoms with van der Waals surface area (Å²) in [7, 11) is -8.08. The number of amides is 1. The molecule has 206 valence electrons. The van der Waals surface area contributed by atoms with Crippen LogP contribution >= 0.6 is 0 Å². The van der Waals surface area contributed by atoms with Crippen molar-refractivity contribution in [3.63, 3.8) is 0 Å². The van der Waals surface area contributed by atoms with Crippen molar-refractivity contribution in [3.05, 3.63) is 53.6 Å². The van der Waals surface area contributed by atoms with Gasteiger partial charge in [0, 0.05) is 24.2 Å². The highest BCUT2D eigenvalue weighted by molar-refractivity contribution is 7.92. The summed E-state index contributed by atoms with van der Waals surface area (Å²) in [6.07, 6.45) is 3.34. The van der Waals surface area contributed by atoms with Gasteiger partial charge in [-0.25, -0.2) is 17.2 Å². The van der Waals surface area contributed by atoms with Crippen LogP contribution in [-0.4, -0.2) is 51.6 Å². The highest BCUT2D eigenvalue weighted by Crippen LogP contribution is 2.54. The van der Waals surface area contributed by atoms with Gasteiger partial charge in [0.2, 0.25) is 15.9 Å². The average Bonchev–Trinajstić information content (AvgIpc) is 3.46. The lowest BCUT2D eigenvalue weighted by Crippen LogP contribution is -2.61. The van der Waals surface area contributed by atoms with Gasteiger partial charge in [-0.1, -0.05) is 6.07 Å². The van der Waals surface area contributed by atoms with E-state index in [9.17, 15) is 35.2 Å². The summed E-state index contributed by atoms with van der Waals surface area (Å²) in [5, 5.41) is 2.81. The fraction of sp³-hybridized carbons (Fsp3) is 0.400. The zero-order chi connectivity index (χ0) is 27.9. The van der Waals surface area contributed by atoms with Crippen molar-refractivity contribution in [2.24, 2.45) is 28.1 Å². The fourth-order valence-electron chi connectivity index (χ4n) is 6.59. The number of sulfonamides is 2. The Balaban J connectivity index is 1.38. The van der Waals surface area contributed by atoms with Crippen molar-refractivity contribution in [1.29, 1.82) is 0 Å². The number of carbonyl (C=O) groups is 2. The van der Waals surface area contributed by atoms with Crippen LogP contribution in [0.5, 0.6) is 0 Å². The van der Waals surface area contributed by atoms with E-state index in [0.29, 0.717) is 5.56 Å². The number of Topliss-reactive ketones (excluding diaryl/α,β-unsaturated/α-hetero) is 1. The van der Waals surface area contributed by atoms with Gasteiger partial charge < -0.3 is 10.2 Å². The maximum atomic E-state index is 14.0. The predicted molar refractivity (Wildman–Crippen MR) is 137 cm³/mol. The molecule has 39 heavy (non-hydrogen) atoms. The van der Waals surface area contributed by atoms with Crippen LogP contribution in [0, 0.1) is 35.3 Å². The second-order valence-electron chi connectivity index (χ2n) is 10.6. The van der Waals surface area contributed by atoms with Crippen LogP contribution in [0.15, 0.2) is 45.7 Å². The number of ketones is 1. The number of hydrogen-bond acceptors (Lipinski definition) is 7. The SMILES string of the molecule is CS(=O)(=O)Nc1ccc2c(c1)S(=O)(=O)N=C(C1C(=O)C3C([C@@H]4CC[C@H]3C4)N(Cc3ccc(F)c(F)c3)C1=O)N2. The molecule has 6 rings (SSSR count). The highest BCUT2D eigenvalue weighted by atomic mass is 32.2. The molecule has 4 aliphatic rings. The molecule has 2 aromatic rings. The molecule has 2 aliphatic heterocycles. The summed E-state index contributed by atoms with van der Waals surface area (Å²) in [4.78, 5) is 28.9. The molecular formula is C25H24F2N4O6S2. The van der Waals surface area contributed by atoms with Gasteiger partial charge in [-0.2, -0.15) is 8.42 Å². The summed E-state index contributed by atoms with van der Waals surface area (Å²) in [6.45, 7) is -0.0681. The van der Waals surface area contributed by atoms with Gasteiger partial charge in [0.25, 0.3) is 10.0 Å². The Morgan fingerprint density at radius 3 is 2.54 bits per heavy atom. The Labute approximate surface area is 223 Å². The number of fused-ring (bicyclic) bond motifs is 6. The molecule has 2 aromatic carbocycles. The number of benzene rings is 2. The van der Waals surface area contributed by atoms with Crippen LogP contribution in [-0.2, 0) is 36.2 Å². The lowest BCUT2D eigenvalue weighted by molar-refractivity contribution is -0.153. The van der Waals surface area contributed by atoms with Crippen molar-refractivity contribution >= 4 is 48.9 Å². The summed E-state index contributed by atoms with van der Waals surface area (Å²) < 4.78 is 82.9. The van der Waals surface area contributed by atoms with Crippen molar-refractivity contribution in [1.82, 2.24) is 4.90 Å². The lowest BCUT2D eigenvalue weighted by atomic mass is 9.73. The first kappa shape index (κ1) is 25.9. The molecule has 0 spiro atoms. The molecule has 2 aliphatic carbocycles. The van der Waals surface area contributed by atoms with Crippen LogP contribution in [0.3, 0.4) is 0 Å². The highest BCUT2D eigenvalue weighted by Gasteiger charge is 2.60. The summed E-state index contributed by atoms with van der Waals surface area (Å²) in [6, 6.07) is 6.72. The van der Waals surface area contributed by atoms with E-state index in [-0.39, 0.29) is 40.5 Å². The van der Waals surface area contributed by atoms with E-state index in [1.165, 1.54) is 23.1 Å². The van der Waals surface area contributed by atoms with E-state index in [1.807, 2.05) is 0 Å². The Morgan fingerprint density at radius 2 is 1.82 bits per heavy atom. The third-order valence-corrected chi connectivity index (χ3v) is 9.97. The third-order valence-electron chi connectivity index (χ3n) is 8.03. The summed E-state index contributed by atoms with van der Waals surface area (Å²) in [5.74, 6) is -5.39. The van der Waals surface area contributed by atoms with Gasteiger partial charge in [-0.3, -0.25) is 14.3 Å². The van der Waals surface area contributed by atoms with Gasteiger partial charge in [0.05, 0.1) is 11.9 Å². The van der Waals surface area contributed by atoms with Crippen LogP contribution in [0.1, 0.15) is 24.8 Å². The molecule has 0 aromatic heterocycles. The minimum atomic E-state index is -4.41. The van der Waals surface area contributed by atoms with Crippen LogP contribution < -0.4 is 10.0 Å². The first-order valence-corrected chi connectivity index (χ1v) is 15.7. The van der Waals surface area contributed by atoms with Crippen molar-refractivity contribution in [3.8, 4) is 0 Å². The number of likely N-dealkylation sites (tertiary alicyclic amines) is 1. The van der Waals surface area contributed by atoms with Gasteiger partial charge >= 0.3 is 0 Å². The minimum absolute atomic E-state index is 0.00706. The summed E-state index contributed by atoms with van der Waals surface area (Å²) >= 11 is 0. The molecule has 0 radical (unpaired) electrons. The first-order valence-electron chi connectivity index (χ1n) is 12.3. The molecule has 1 amide bonds. The number of nitrogens with one attached hydrogen (secondary N) is 2. The number of amidine groups is 1. The van der Waals surface area contributed by atoms with E-state index >= 15 is 0 Å². The number of anilines is 2. The predicted octanol–water partition coefficient (Wildman–Crippen LogP) is 2.49. The molecule has 10 nitrogen and oxygen atoms in total. The third kappa shape index (κ3) is 4.39. The van der Waals surface area contributed by atoms with E-state index in [4.69, 9.17) is 0 Å². The number of hydrogen-bond donors (Lipinski definition) is 2. The second-order valence-corrected chi connectivity index (χ2v) is 13.9. The molecule has 2 bridgehead atoms. The molecule has 2 saturated carbocycles. The van der Waals surface area contributed by atoms with Crippen LogP contribution in [0.2, 0.25) is 0 Å². The van der Waals surface area contributed by atoms with Crippen LogP contribution in [0.25, 0.3) is 0 Å². The Hall–Kier alpha value is -3.39. The normalized spacial score (nSPS) is 28.9. The number of carbonyl (C=O) groups excluding carboxylic acids is 2. The molecule has 5 atom stereocenters. The molecule has 3 fully saturated rings. The number of piperidine rings is 1. The van der Waals surface area contributed by atoms with Crippen molar-refractivity contribution in [2.75, 3.05) is 16.3 Å². The zero-order valence-electron chi connectivity index (χ0n) is 20.6. The van der Waals surface area contributed by atoms with E-state index in [0.717, 1.165) is 43.7 Å². The quantitative estimate of drug-likeness (QED) is 0.519. The average molecular weight is 579 g/mol. The van der Waals surface area contributed by atoms with Gasteiger partial charge in [-0.05, 0) is 67.0 Å². The number of nitrogens with zero attached hydrogens (tertiary/aromatic N) is 2. The fourth-order valence-corrected chi connectivity index (χ4v) is 8.32. The van der Waals surface area contributed by atoms with Gasteiger partial charge in [-0.15, -0.1) is 4.40 Å². The summed E-state index contributed by atoms with van der Waals surface area (Å²) in [5.41, 5.74) is 0.397. The monoisotopic (exact) mass is 578 g/mol. The molecular weight excluding hydrogens is 554 g/mol. The Kier molecular flexibility index (Phi) is 5.84.